The minimum Gasteiger partial charge on any atom is -0.496 e. The number of para-hydroxylation sites is 1. The van der Waals surface area contributed by atoms with Crippen molar-refractivity contribution in [2.45, 2.75) is 32.4 Å². The van der Waals surface area contributed by atoms with Gasteiger partial charge in [0.05, 0.1) is 19.4 Å². The van der Waals surface area contributed by atoms with Crippen molar-refractivity contribution in [2.24, 2.45) is 5.16 Å². The highest BCUT2D eigenvalue weighted by atomic mass is 16.6. The number of carbonyl (C=O) groups is 1. The van der Waals surface area contributed by atoms with Gasteiger partial charge in [0.2, 0.25) is 5.91 Å². The van der Waals surface area contributed by atoms with Crippen molar-refractivity contribution in [1.29, 1.82) is 0 Å². The number of oxime groups is 1. The highest BCUT2D eigenvalue weighted by Gasteiger charge is 2.27. The molecule has 1 heterocycles. The van der Waals surface area contributed by atoms with Gasteiger partial charge >= 0.3 is 0 Å². The van der Waals surface area contributed by atoms with Crippen molar-refractivity contribution in [3.05, 3.63) is 65.7 Å². The first-order chi connectivity index (χ1) is 12.7. The first kappa shape index (κ1) is 18.0. The summed E-state index contributed by atoms with van der Waals surface area (Å²) in [6.45, 7) is 2.98. The molecule has 0 N–H and O–H groups in total. The number of hydrogen-bond acceptors (Lipinski definition) is 4. The quantitative estimate of drug-likeness (QED) is 0.765. The first-order valence-electron chi connectivity index (χ1n) is 8.89. The second-order valence-corrected chi connectivity index (χ2v) is 6.28. The van der Waals surface area contributed by atoms with Crippen molar-refractivity contribution in [2.75, 3.05) is 13.7 Å². The van der Waals surface area contributed by atoms with Crippen molar-refractivity contribution >= 4 is 11.6 Å². The monoisotopic (exact) mass is 352 g/mol. The van der Waals surface area contributed by atoms with E-state index < -0.39 is 0 Å². The zero-order chi connectivity index (χ0) is 18.4. The number of benzene rings is 2. The Morgan fingerprint density at radius 3 is 2.65 bits per heavy atom. The van der Waals surface area contributed by atoms with Crippen LogP contribution in [0.5, 0.6) is 5.75 Å². The maximum Gasteiger partial charge on any atom is 0.222 e. The Bertz CT molecular complexity index is 774. The third kappa shape index (κ3) is 4.23. The van der Waals surface area contributed by atoms with Crippen LogP contribution in [0.3, 0.4) is 0 Å². The van der Waals surface area contributed by atoms with E-state index in [1.165, 1.54) is 0 Å². The molecule has 1 amide bonds. The highest BCUT2D eigenvalue weighted by Crippen LogP contribution is 2.25. The van der Waals surface area contributed by atoms with Crippen LogP contribution in [-0.2, 0) is 16.2 Å². The zero-order valence-corrected chi connectivity index (χ0v) is 15.2. The molecule has 0 bridgehead atoms. The predicted octanol–water partition coefficient (Wildman–Crippen LogP) is 3.63. The fourth-order valence-electron chi connectivity index (χ4n) is 3.10. The Morgan fingerprint density at radius 2 is 1.92 bits per heavy atom. The highest BCUT2D eigenvalue weighted by molar-refractivity contribution is 6.03. The molecule has 136 valence electrons. The lowest BCUT2D eigenvalue weighted by atomic mass is 10.0. The summed E-state index contributed by atoms with van der Waals surface area (Å²) in [6.07, 6.45) is 0.983. The summed E-state index contributed by atoms with van der Waals surface area (Å²) < 4.78 is 5.41. The number of hydrogen-bond donors (Lipinski definition) is 0. The largest absolute Gasteiger partial charge is 0.496 e. The summed E-state index contributed by atoms with van der Waals surface area (Å²) in [4.78, 5) is 19.8. The van der Waals surface area contributed by atoms with E-state index in [0.717, 1.165) is 22.6 Å². The molecule has 1 aliphatic heterocycles. The lowest BCUT2D eigenvalue weighted by Gasteiger charge is -2.24. The van der Waals surface area contributed by atoms with Crippen molar-refractivity contribution in [3.8, 4) is 5.75 Å². The van der Waals surface area contributed by atoms with E-state index in [9.17, 15) is 4.79 Å². The Hall–Kier alpha value is -2.82. The summed E-state index contributed by atoms with van der Waals surface area (Å²) in [7, 11) is 1.65. The van der Waals surface area contributed by atoms with Gasteiger partial charge in [-0.2, -0.15) is 0 Å². The molecule has 0 aromatic heterocycles. The van der Waals surface area contributed by atoms with Crippen molar-refractivity contribution in [1.82, 2.24) is 4.90 Å². The van der Waals surface area contributed by atoms with Crippen molar-refractivity contribution < 1.29 is 14.4 Å². The first-order valence-corrected chi connectivity index (χ1v) is 8.89. The summed E-state index contributed by atoms with van der Waals surface area (Å²) >= 11 is 0. The molecule has 26 heavy (non-hydrogen) atoms. The van der Waals surface area contributed by atoms with Crippen LogP contribution in [0.25, 0.3) is 0 Å². The van der Waals surface area contributed by atoms with E-state index >= 15 is 0 Å². The molecule has 0 radical (unpaired) electrons. The Balaban J connectivity index is 1.67. The van der Waals surface area contributed by atoms with Crippen LogP contribution in [0.2, 0.25) is 0 Å². The van der Waals surface area contributed by atoms with E-state index in [1.54, 1.807) is 7.11 Å². The zero-order valence-electron chi connectivity index (χ0n) is 15.2. The van der Waals surface area contributed by atoms with E-state index in [0.29, 0.717) is 25.9 Å². The van der Waals surface area contributed by atoms with Crippen LogP contribution in [0.4, 0.5) is 0 Å². The molecule has 3 rings (SSSR count). The molecule has 2 aromatic rings. The molecule has 0 unspecified atom stereocenters. The minimum absolute atomic E-state index is 0.114. The maximum atomic E-state index is 12.4. The molecule has 5 nitrogen and oxygen atoms in total. The fourth-order valence-corrected chi connectivity index (χ4v) is 3.10. The summed E-state index contributed by atoms with van der Waals surface area (Å²) in [5.74, 6) is 0.893. The fraction of sp³-hybridized carbons (Fsp3) is 0.333. The van der Waals surface area contributed by atoms with Gasteiger partial charge in [0.25, 0.3) is 0 Å². The van der Waals surface area contributed by atoms with Gasteiger partial charge in [0.1, 0.15) is 5.75 Å². The number of methoxy groups -OCH3 is 1. The van der Waals surface area contributed by atoms with E-state index in [1.807, 2.05) is 66.4 Å². The van der Waals surface area contributed by atoms with Crippen LogP contribution >= 0.6 is 0 Å². The van der Waals surface area contributed by atoms with E-state index in [2.05, 4.69) is 5.16 Å². The summed E-state index contributed by atoms with van der Waals surface area (Å²) in [6, 6.07) is 17.8. The minimum atomic E-state index is -0.144. The molecule has 2 aromatic carbocycles. The molecule has 1 atom stereocenters. The van der Waals surface area contributed by atoms with Gasteiger partial charge < -0.3 is 14.5 Å². The molecular formula is C21H24N2O3. The molecule has 0 aliphatic carbocycles. The van der Waals surface area contributed by atoms with Gasteiger partial charge in [-0.1, -0.05) is 54.5 Å². The second-order valence-electron chi connectivity index (χ2n) is 6.28. The van der Waals surface area contributed by atoms with Gasteiger partial charge in [-0.15, -0.1) is 0 Å². The number of carbonyl (C=O) groups excluding carboxylic acids is 1. The van der Waals surface area contributed by atoms with Crippen LogP contribution in [0.1, 0.15) is 30.9 Å². The Kier molecular flexibility index (Phi) is 5.89. The van der Waals surface area contributed by atoms with Gasteiger partial charge in [0.15, 0.2) is 6.10 Å². The lowest BCUT2D eigenvalue weighted by molar-refractivity contribution is -0.133. The number of ether oxygens (including phenoxy) is 1. The van der Waals surface area contributed by atoms with Crippen LogP contribution < -0.4 is 4.74 Å². The molecule has 0 saturated carbocycles. The molecule has 0 spiro atoms. The third-order valence-electron chi connectivity index (χ3n) is 4.45. The van der Waals surface area contributed by atoms with Gasteiger partial charge in [-0.25, -0.2) is 0 Å². The number of nitrogens with zero attached hydrogens (tertiary/aromatic N) is 2. The van der Waals surface area contributed by atoms with Crippen LogP contribution in [-0.4, -0.2) is 36.3 Å². The Labute approximate surface area is 154 Å². The van der Waals surface area contributed by atoms with E-state index in [-0.39, 0.29) is 12.0 Å². The molecular weight excluding hydrogens is 328 g/mol. The normalized spacial score (nSPS) is 15.9. The smallest absolute Gasteiger partial charge is 0.222 e. The summed E-state index contributed by atoms with van der Waals surface area (Å²) in [5, 5.41) is 4.24. The maximum absolute atomic E-state index is 12.4. The van der Waals surface area contributed by atoms with Crippen LogP contribution in [0, 0.1) is 0 Å². The SMILES string of the molecule is CCC(=O)N(Cc1ccccc1)C[C@@H]1CC(c2ccccc2OC)=NO1. The average molecular weight is 352 g/mol. The van der Waals surface area contributed by atoms with Gasteiger partial charge in [0, 0.05) is 24.9 Å². The second kappa shape index (κ2) is 8.52. The predicted molar refractivity (Wildman–Crippen MR) is 101 cm³/mol. The molecule has 1 aliphatic rings. The molecule has 5 heteroatoms. The third-order valence-corrected chi connectivity index (χ3v) is 4.45. The Morgan fingerprint density at radius 1 is 1.19 bits per heavy atom. The van der Waals surface area contributed by atoms with Crippen LogP contribution in [0.15, 0.2) is 59.8 Å². The van der Waals surface area contributed by atoms with Gasteiger partial charge in [-0.3, -0.25) is 4.79 Å². The topological polar surface area (TPSA) is 51.1 Å². The summed E-state index contributed by atoms with van der Waals surface area (Å²) in [5.41, 5.74) is 2.91. The number of amides is 1. The average Bonchev–Trinajstić information content (AvgIpc) is 3.16. The van der Waals surface area contributed by atoms with Crippen molar-refractivity contribution in [3.63, 3.8) is 0 Å². The standard InChI is InChI=1S/C21H24N2O3/c1-3-21(24)23(14-16-9-5-4-6-10-16)15-17-13-19(22-26-17)18-11-7-8-12-20(18)25-2/h4-12,17H,3,13-15H2,1-2H3/t17-/m0/s1. The molecule has 0 saturated heterocycles. The van der Waals surface area contributed by atoms with Gasteiger partial charge in [-0.05, 0) is 17.7 Å². The van der Waals surface area contributed by atoms with E-state index in [4.69, 9.17) is 9.57 Å². The lowest BCUT2D eigenvalue weighted by Crippen LogP contribution is -2.36. The number of rotatable bonds is 7. The molecule has 0 fully saturated rings.